The normalized spacial score (nSPS) is 34.6. The smallest absolute Gasteiger partial charge is 0.0329 e. The first-order valence-electron chi connectivity index (χ1n) is 6.56. The summed E-state index contributed by atoms with van der Waals surface area (Å²) in [4.78, 5) is 0. The lowest BCUT2D eigenvalue weighted by molar-refractivity contribution is 0.228. The second-order valence-electron chi connectivity index (χ2n) is 5.55. The molecule has 0 heterocycles. The highest BCUT2D eigenvalue weighted by atomic mass is 32.2. The molecule has 0 amide bonds. The fraction of sp³-hybridized carbons (Fsp3) is 1.00. The standard InChI is InChI=1S/C13H27NOS/c1-10-5-6-13(11(2)9-10)14-8-7-12(3)16(4)15/h10-14H,5-9H2,1-4H3/t10-,11+,12-,13+,16-/m1/s1. The average molecular weight is 245 g/mol. The predicted octanol–water partition coefficient (Wildman–Crippen LogP) is 2.56. The van der Waals surface area contributed by atoms with E-state index in [1.165, 1.54) is 19.3 Å². The van der Waals surface area contributed by atoms with Crippen molar-refractivity contribution in [1.29, 1.82) is 0 Å². The predicted molar refractivity (Wildman–Crippen MR) is 72.1 cm³/mol. The summed E-state index contributed by atoms with van der Waals surface area (Å²) in [6.45, 7) is 7.80. The van der Waals surface area contributed by atoms with Crippen molar-refractivity contribution in [3.05, 3.63) is 0 Å². The van der Waals surface area contributed by atoms with Gasteiger partial charge in [0.25, 0.3) is 0 Å². The van der Waals surface area contributed by atoms with Crippen LogP contribution in [0.1, 0.15) is 46.5 Å². The fourth-order valence-electron chi connectivity index (χ4n) is 2.61. The Morgan fingerprint density at radius 3 is 2.62 bits per heavy atom. The van der Waals surface area contributed by atoms with E-state index >= 15 is 0 Å². The topological polar surface area (TPSA) is 29.1 Å². The van der Waals surface area contributed by atoms with Crippen LogP contribution < -0.4 is 5.32 Å². The SMILES string of the molecule is C[C@@H]1CC[C@H](NCC[C@@H](C)[S@@](C)=O)[C@@H](C)C1. The molecule has 1 aliphatic carbocycles. The first kappa shape index (κ1) is 14.2. The van der Waals surface area contributed by atoms with Gasteiger partial charge in [0.05, 0.1) is 0 Å². The van der Waals surface area contributed by atoms with E-state index in [1.807, 2.05) is 0 Å². The Balaban J connectivity index is 2.20. The Morgan fingerprint density at radius 2 is 2.06 bits per heavy atom. The summed E-state index contributed by atoms with van der Waals surface area (Å²) in [5.41, 5.74) is 0. The molecule has 0 saturated heterocycles. The van der Waals surface area contributed by atoms with Gasteiger partial charge in [-0.05, 0) is 44.1 Å². The van der Waals surface area contributed by atoms with Crippen LogP contribution in [0.4, 0.5) is 0 Å². The molecule has 16 heavy (non-hydrogen) atoms. The third kappa shape index (κ3) is 4.54. The van der Waals surface area contributed by atoms with Crippen molar-refractivity contribution in [2.24, 2.45) is 11.8 Å². The molecule has 96 valence electrons. The van der Waals surface area contributed by atoms with Gasteiger partial charge in [0.2, 0.25) is 0 Å². The monoisotopic (exact) mass is 245 g/mol. The highest BCUT2D eigenvalue weighted by Crippen LogP contribution is 2.28. The van der Waals surface area contributed by atoms with Crippen molar-refractivity contribution in [2.45, 2.75) is 57.7 Å². The lowest BCUT2D eigenvalue weighted by atomic mass is 9.80. The van der Waals surface area contributed by atoms with E-state index < -0.39 is 10.8 Å². The third-order valence-corrected chi connectivity index (χ3v) is 5.32. The van der Waals surface area contributed by atoms with Crippen LogP contribution in [0.15, 0.2) is 0 Å². The molecule has 1 aliphatic rings. The van der Waals surface area contributed by atoms with Crippen molar-refractivity contribution in [3.8, 4) is 0 Å². The maximum absolute atomic E-state index is 11.2. The Kier molecular flexibility index (Phi) is 5.98. The van der Waals surface area contributed by atoms with Gasteiger partial charge < -0.3 is 5.32 Å². The van der Waals surface area contributed by atoms with Gasteiger partial charge in [-0.15, -0.1) is 0 Å². The first-order chi connectivity index (χ1) is 7.50. The molecule has 1 fully saturated rings. The lowest BCUT2D eigenvalue weighted by Gasteiger charge is -2.33. The molecular formula is C13H27NOS. The molecule has 0 spiro atoms. The molecule has 0 aromatic carbocycles. The minimum atomic E-state index is -0.671. The van der Waals surface area contributed by atoms with E-state index in [2.05, 4.69) is 26.1 Å². The maximum Gasteiger partial charge on any atom is 0.0329 e. The van der Waals surface area contributed by atoms with Crippen molar-refractivity contribution >= 4 is 10.8 Å². The zero-order valence-corrected chi connectivity index (χ0v) is 12.0. The number of nitrogens with one attached hydrogen (secondary N) is 1. The second kappa shape index (κ2) is 6.75. The zero-order valence-electron chi connectivity index (χ0n) is 11.2. The van der Waals surface area contributed by atoms with Crippen LogP contribution in [0, 0.1) is 11.8 Å². The van der Waals surface area contributed by atoms with Gasteiger partial charge in [0.15, 0.2) is 0 Å². The average Bonchev–Trinajstić information content (AvgIpc) is 2.20. The summed E-state index contributed by atoms with van der Waals surface area (Å²) in [5, 5.41) is 3.97. The summed E-state index contributed by atoms with van der Waals surface area (Å²) in [6.07, 6.45) is 6.85. The van der Waals surface area contributed by atoms with Crippen LogP contribution in [-0.4, -0.2) is 28.3 Å². The van der Waals surface area contributed by atoms with Crippen LogP contribution in [0.5, 0.6) is 0 Å². The maximum atomic E-state index is 11.2. The molecule has 5 atom stereocenters. The van der Waals surface area contributed by atoms with Crippen molar-refractivity contribution < 1.29 is 4.21 Å². The summed E-state index contributed by atoms with van der Waals surface area (Å²) in [6, 6.07) is 0.689. The fourth-order valence-corrected chi connectivity index (χ4v) is 3.06. The van der Waals surface area contributed by atoms with Crippen molar-refractivity contribution in [1.82, 2.24) is 5.32 Å². The Labute approximate surface area is 103 Å². The van der Waals surface area contributed by atoms with E-state index in [1.54, 1.807) is 6.26 Å². The highest BCUT2D eigenvalue weighted by molar-refractivity contribution is 7.84. The molecule has 0 aromatic heterocycles. The van der Waals surface area contributed by atoms with Crippen molar-refractivity contribution in [3.63, 3.8) is 0 Å². The molecule has 0 radical (unpaired) electrons. The molecule has 1 N–H and O–H groups in total. The summed E-state index contributed by atoms with van der Waals surface area (Å²) in [7, 11) is -0.671. The molecule has 1 rings (SSSR count). The Hall–Kier alpha value is 0.110. The first-order valence-corrected chi connectivity index (χ1v) is 8.18. The van der Waals surface area contributed by atoms with Gasteiger partial charge in [-0.2, -0.15) is 0 Å². The van der Waals surface area contributed by atoms with Crippen LogP contribution in [0.3, 0.4) is 0 Å². The van der Waals surface area contributed by atoms with Gasteiger partial charge in [-0.25, -0.2) is 0 Å². The molecule has 2 nitrogen and oxygen atoms in total. The van der Waals surface area contributed by atoms with Crippen LogP contribution in [0.2, 0.25) is 0 Å². The molecule has 0 bridgehead atoms. The van der Waals surface area contributed by atoms with Gasteiger partial charge in [0, 0.05) is 28.3 Å². The Morgan fingerprint density at radius 1 is 1.38 bits per heavy atom. The summed E-state index contributed by atoms with van der Waals surface area (Å²) in [5.74, 6) is 1.70. The molecule has 0 aromatic rings. The van der Waals surface area contributed by atoms with E-state index in [0.717, 1.165) is 24.8 Å². The Bertz CT molecular complexity index is 232. The van der Waals surface area contributed by atoms with E-state index in [0.29, 0.717) is 11.3 Å². The molecule has 3 heteroatoms. The minimum Gasteiger partial charge on any atom is -0.314 e. The minimum absolute atomic E-state index is 0.324. The van der Waals surface area contributed by atoms with Gasteiger partial charge in [-0.3, -0.25) is 4.21 Å². The van der Waals surface area contributed by atoms with Crippen LogP contribution in [-0.2, 0) is 10.8 Å². The summed E-state index contributed by atoms with van der Waals surface area (Å²) < 4.78 is 11.2. The zero-order chi connectivity index (χ0) is 12.1. The largest absolute Gasteiger partial charge is 0.314 e. The quantitative estimate of drug-likeness (QED) is 0.806. The molecule has 1 saturated carbocycles. The van der Waals surface area contributed by atoms with E-state index in [-0.39, 0.29) is 0 Å². The van der Waals surface area contributed by atoms with Gasteiger partial charge in [-0.1, -0.05) is 20.8 Å². The van der Waals surface area contributed by atoms with Gasteiger partial charge in [0.1, 0.15) is 0 Å². The van der Waals surface area contributed by atoms with Crippen LogP contribution >= 0.6 is 0 Å². The van der Waals surface area contributed by atoms with E-state index in [9.17, 15) is 4.21 Å². The molecule has 0 aliphatic heterocycles. The van der Waals surface area contributed by atoms with Crippen LogP contribution in [0.25, 0.3) is 0 Å². The third-order valence-electron chi connectivity index (χ3n) is 3.96. The highest BCUT2D eigenvalue weighted by Gasteiger charge is 2.24. The number of rotatable bonds is 5. The van der Waals surface area contributed by atoms with Gasteiger partial charge >= 0.3 is 0 Å². The second-order valence-corrected chi connectivity index (χ2v) is 7.36. The van der Waals surface area contributed by atoms with Crippen molar-refractivity contribution in [2.75, 3.05) is 12.8 Å². The van der Waals surface area contributed by atoms with E-state index in [4.69, 9.17) is 0 Å². The molecular weight excluding hydrogens is 218 g/mol. The summed E-state index contributed by atoms with van der Waals surface area (Å²) >= 11 is 0. The lowest BCUT2D eigenvalue weighted by Crippen LogP contribution is -2.40. The number of hydrogen-bond acceptors (Lipinski definition) is 2. The number of hydrogen-bond donors (Lipinski definition) is 1. The molecule has 0 unspecified atom stereocenters.